The molecule has 3 rings (SSSR count). The summed E-state index contributed by atoms with van der Waals surface area (Å²) in [5, 5.41) is 2.80. The zero-order valence-electron chi connectivity index (χ0n) is 11.5. The molecule has 0 fully saturated rings. The molecule has 1 aromatic carbocycles. The van der Waals surface area contributed by atoms with Crippen molar-refractivity contribution in [3.8, 4) is 17.4 Å². The summed E-state index contributed by atoms with van der Waals surface area (Å²) in [7, 11) is 1.50. The molecule has 0 spiro atoms. The number of nitrogens with one attached hydrogen (secondary N) is 1. The minimum atomic E-state index is -0.243. The predicted octanol–water partition coefficient (Wildman–Crippen LogP) is 2.11. The molecule has 1 N–H and O–H groups in total. The van der Waals surface area contributed by atoms with Gasteiger partial charge in [-0.2, -0.15) is 0 Å². The summed E-state index contributed by atoms with van der Waals surface area (Å²) >= 11 is 0. The highest BCUT2D eigenvalue weighted by atomic mass is 16.6. The Balaban J connectivity index is 1.78. The number of nitrogens with zero attached hydrogens (tertiary/aromatic N) is 1. The Bertz CT molecular complexity index is 672. The lowest BCUT2D eigenvalue weighted by molar-refractivity contribution is 0.102. The molecule has 0 atom stereocenters. The van der Waals surface area contributed by atoms with Crippen LogP contribution >= 0.6 is 0 Å². The number of fused-ring (bicyclic) bond motifs is 1. The van der Waals surface area contributed by atoms with E-state index in [1.807, 2.05) is 0 Å². The summed E-state index contributed by atoms with van der Waals surface area (Å²) < 4.78 is 15.9. The minimum absolute atomic E-state index is 0.243. The first kappa shape index (κ1) is 13.2. The smallest absolute Gasteiger partial charge is 0.255 e. The summed E-state index contributed by atoms with van der Waals surface area (Å²) in [4.78, 5) is 16.2. The third-order valence-electron chi connectivity index (χ3n) is 3.01. The normalized spacial score (nSPS) is 12.6. The zero-order valence-corrected chi connectivity index (χ0v) is 11.5. The predicted molar refractivity (Wildman–Crippen MR) is 76.2 cm³/mol. The van der Waals surface area contributed by atoms with Crippen molar-refractivity contribution in [2.45, 2.75) is 0 Å². The number of amides is 1. The molecule has 0 unspecified atom stereocenters. The van der Waals surface area contributed by atoms with Crippen molar-refractivity contribution in [3.63, 3.8) is 0 Å². The SMILES string of the molecule is COc1cc(C(=O)Nc2ccc3c(c2)OCCO3)ccn1. The second-order valence-electron chi connectivity index (χ2n) is 4.40. The molecule has 2 heterocycles. The van der Waals surface area contributed by atoms with Gasteiger partial charge in [0.25, 0.3) is 5.91 Å². The molecule has 1 aliphatic heterocycles. The van der Waals surface area contributed by atoms with Crippen LogP contribution in [0.2, 0.25) is 0 Å². The molecular formula is C15H14N2O4. The van der Waals surface area contributed by atoms with Crippen LogP contribution in [0.4, 0.5) is 5.69 Å². The van der Waals surface area contributed by atoms with Crippen molar-refractivity contribution < 1.29 is 19.0 Å². The van der Waals surface area contributed by atoms with Gasteiger partial charge in [-0.1, -0.05) is 0 Å². The van der Waals surface area contributed by atoms with Gasteiger partial charge in [-0.3, -0.25) is 4.79 Å². The van der Waals surface area contributed by atoms with Gasteiger partial charge in [0, 0.05) is 29.6 Å². The van der Waals surface area contributed by atoms with Gasteiger partial charge >= 0.3 is 0 Å². The van der Waals surface area contributed by atoms with E-state index in [1.165, 1.54) is 13.3 Å². The van der Waals surface area contributed by atoms with E-state index in [2.05, 4.69) is 10.3 Å². The Kier molecular flexibility index (Phi) is 3.59. The topological polar surface area (TPSA) is 69.7 Å². The maximum absolute atomic E-state index is 12.2. The van der Waals surface area contributed by atoms with Crippen LogP contribution in [0.3, 0.4) is 0 Å². The van der Waals surface area contributed by atoms with E-state index < -0.39 is 0 Å². The molecule has 2 aromatic rings. The van der Waals surface area contributed by atoms with Crippen molar-refractivity contribution in [1.29, 1.82) is 0 Å². The van der Waals surface area contributed by atoms with Crippen molar-refractivity contribution in [1.82, 2.24) is 4.98 Å². The second-order valence-corrected chi connectivity index (χ2v) is 4.40. The number of rotatable bonds is 3. The molecule has 6 heteroatoms. The highest BCUT2D eigenvalue weighted by molar-refractivity contribution is 6.04. The highest BCUT2D eigenvalue weighted by Gasteiger charge is 2.13. The van der Waals surface area contributed by atoms with Crippen LogP contribution in [-0.4, -0.2) is 31.2 Å². The van der Waals surface area contributed by atoms with Crippen LogP contribution in [0.25, 0.3) is 0 Å². The number of aromatic nitrogens is 1. The standard InChI is InChI=1S/C15H14N2O4/c1-19-14-8-10(4-5-16-14)15(18)17-11-2-3-12-13(9-11)21-7-6-20-12/h2-5,8-9H,6-7H2,1H3,(H,17,18). The number of hydrogen-bond donors (Lipinski definition) is 1. The third kappa shape index (κ3) is 2.89. The first-order chi connectivity index (χ1) is 10.3. The second kappa shape index (κ2) is 5.70. The molecule has 21 heavy (non-hydrogen) atoms. The molecule has 0 radical (unpaired) electrons. The molecular weight excluding hydrogens is 272 g/mol. The average Bonchev–Trinajstić information content (AvgIpc) is 2.54. The van der Waals surface area contributed by atoms with E-state index in [1.54, 1.807) is 30.3 Å². The van der Waals surface area contributed by atoms with Crippen LogP contribution in [0.15, 0.2) is 36.5 Å². The van der Waals surface area contributed by atoms with Crippen LogP contribution in [0.5, 0.6) is 17.4 Å². The minimum Gasteiger partial charge on any atom is -0.486 e. The van der Waals surface area contributed by atoms with E-state index in [0.717, 1.165) is 0 Å². The zero-order chi connectivity index (χ0) is 14.7. The fourth-order valence-corrected chi connectivity index (χ4v) is 1.99. The van der Waals surface area contributed by atoms with E-state index in [0.29, 0.717) is 41.8 Å². The van der Waals surface area contributed by atoms with E-state index in [9.17, 15) is 4.79 Å². The van der Waals surface area contributed by atoms with Gasteiger partial charge in [0.2, 0.25) is 5.88 Å². The number of carbonyl (C=O) groups excluding carboxylic acids is 1. The summed E-state index contributed by atoms with van der Waals surface area (Å²) in [5.74, 6) is 1.47. The lowest BCUT2D eigenvalue weighted by Crippen LogP contribution is -2.16. The van der Waals surface area contributed by atoms with Gasteiger partial charge in [0.1, 0.15) is 13.2 Å². The number of pyridine rings is 1. The molecule has 0 saturated heterocycles. The quantitative estimate of drug-likeness (QED) is 0.935. The number of benzene rings is 1. The lowest BCUT2D eigenvalue weighted by atomic mass is 10.2. The fraction of sp³-hybridized carbons (Fsp3) is 0.200. The number of carbonyl (C=O) groups is 1. The summed E-state index contributed by atoms with van der Waals surface area (Å²) in [6.45, 7) is 1.04. The first-order valence-corrected chi connectivity index (χ1v) is 6.47. The summed E-state index contributed by atoms with van der Waals surface area (Å²) in [5.41, 5.74) is 1.11. The van der Waals surface area contributed by atoms with Crippen molar-refractivity contribution in [2.24, 2.45) is 0 Å². The maximum Gasteiger partial charge on any atom is 0.255 e. The Morgan fingerprint density at radius 1 is 1.19 bits per heavy atom. The highest BCUT2D eigenvalue weighted by Crippen LogP contribution is 2.32. The molecule has 0 bridgehead atoms. The van der Waals surface area contributed by atoms with Crippen LogP contribution in [-0.2, 0) is 0 Å². The fourth-order valence-electron chi connectivity index (χ4n) is 1.99. The Labute approximate surface area is 121 Å². The lowest BCUT2D eigenvalue weighted by Gasteiger charge is -2.19. The monoisotopic (exact) mass is 286 g/mol. The average molecular weight is 286 g/mol. The third-order valence-corrected chi connectivity index (χ3v) is 3.01. The number of ether oxygens (including phenoxy) is 3. The number of anilines is 1. The van der Waals surface area contributed by atoms with E-state index in [4.69, 9.17) is 14.2 Å². The van der Waals surface area contributed by atoms with Crippen molar-refractivity contribution in [2.75, 3.05) is 25.6 Å². The molecule has 0 aliphatic carbocycles. The van der Waals surface area contributed by atoms with Gasteiger partial charge in [0.15, 0.2) is 11.5 Å². The molecule has 6 nitrogen and oxygen atoms in total. The Morgan fingerprint density at radius 2 is 2.00 bits per heavy atom. The van der Waals surface area contributed by atoms with E-state index >= 15 is 0 Å². The molecule has 108 valence electrons. The van der Waals surface area contributed by atoms with Gasteiger partial charge in [-0.25, -0.2) is 4.98 Å². The first-order valence-electron chi connectivity index (χ1n) is 6.47. The Hall–Kier alpha value is -2.76. The van der Waals surface area contributed by atoms with Gasteiger partial charge in [0.05, 0.1) is 7.11 Å². The largest absolute Gasteiger partial charge is 0.486 e. The number of methoxy groups -OCH3 is 1. The van der Waals surface area contributed by atoms with Gasteiger partial charge < -0.3 is 19.5 Å². The molecule has 0 saturated carbocycles. The van der Waals surface area contributed by atoms with E-state index in [-0.39, 0.29) is 5.91 Å². The number of hydrogen-bond acceptors (Lipinski definition) is 5. The Morgan fingerprint density at radius 3 is 2.81 bits per heavy atom. The van der Waals surface area contributed by atoms with Crippen molar-refractivity contribution in [3.05, 3.63) is 42.1 Å². The molecule has 1 aromatic heterocycles. The van der Waals surface area contributed by atoms with Crippen LogP contribution in [0, 0.1) is 0 Å². The maximum atomic E-state index is 12.2. The summed E-state index contributed by atoms with van der Waals surface area (Å²) in [6, 6.07) is 8.48. The van der Waals surface area contributed by atoms with Gasteiger partial charge in [-0.15, -0.1) is 0 Å². The molecule has 1 amide bonds. The van der Waals surface area contributed by atoms with Crippen LogP contribution < -0.4 is 19.5 Å². The van der Waals surface area contributed by atoms with Gasteiger partial charge in [-0.05, 0) is 18.2 Å². The summed E-state index contributed by atoms with van der Waals surface area (Å²) in [6.07, 6.45) is 1.53. The van der Waals surface area contributed by atoms with Crippen molar-refractivity contribution >= 4 is 11.6 Å². The molecule has 1 aliphatic rings. The van der Waals surface area contributed by atoms with Crippen LogP contribution in [0.1, 0.15) is 10.4 Å².